The van der Waals surface area contributed by atoms with Crippen molar-refractivity contribution in [1.82, 2.24) is 40.0 Å². The molecule has 0 amide bonds. The van der Waals surface area contributed by atoms with Crippen molar-refractivity contribution in [2.24, 2.45) is 0 Å². The molecular weight excluding hydrogens is 431 g/mol. The molecule has 3 heterocycles. The van der Waals surface area contributed by atoms with E-state index in [2.05, 4.69) is 30.8 Å². The van der Waals surface area contributed by atoms with Crippen molar-refractivity contribution in [2.75, 3.05) is 0 Å². The maximum absolute atomic E-state index is 6.13. The number of halogens is 2. The number of hydrogen-bond acceptors (Lipinski definition) is 7. The largest absolute Gasteiger partial charge is 0.220 e. The van der Waals surface area contributed by atoms with Gasteiger partial charge < -0.3 is 0 Å². The second-order valence-corrected chi connectivity index (χ2v) is 7.79. The molecule has 5 aromatic rings. The lowest BCUT2D eigenvalue weighted by atomic mass is 10.2. The second kappa shape index (κ2) is 7.43. The lowest BCUT2D eigenvalue weighted by Gasteiger charge is -2.05. The summed E-state index contributed by atoms with van der Waals surface area (Å²) in [6, 6.07) is 18.5. The summed E-state index contributed by atoms with van der Waals surface area (Å²) in [4.78, 5) is 0. The van der Waals surface area contributed by atoms with Gasteiger partial charge in [0.25, 0.3) is 0 Å². The molecule has 8 nitrogen and oxygen atoms in total. The molecule has 0 radical (unpaired) electrons. The van der Waals surface area contributed by atoms with Crippen LogP contribution in [0.25, 0.3) is 22.7 Å². The summed E-state index contributed by atoms with van der Waals surface area (Å²) in [5.41, 5.74) is 2.18. The lowest BCUT2D eigenvalue weighted by molar-refractivity contribution is 0.754. The van der Waals surface area contributed by atoms with Gasteiger partial charge in [-0.15, -0.1) is 15.3 Å². The monoisotopic (exact) mass is 440 g/mol. The molecule has 0 atom stereocenters. The van der Waals surface area contributed by atoms with Crippen LogP contribution >= 0.6 is 35.0 Å². The SMILES string of the molecule is Clc1cc(Cl)cc(-c2nnc3ccc(Sc4nnnn4-c4ccccc4)nn23)c1. The van der Waals surface area contributed by atoms with Crippen LogP contribution in [0.3, 0.4) is 0 Å². The molecule has 5 rings (SSSR count). The minimum Gasteiger partial charge on any atom is -0.192 e. The molecule has 0 bridgehead atoms. The predicted octanol–water partition coefficient (Wildman–Crippen LogP) is 4.23. The van der Waals surface area contributed by atoms with Crippen LogP contribution in [0, 0.1) is 0 Å². The third-order valence-electron chi connectivity index (χ3n) is 4.00. The van der Waals surface area contributed by atoms with Gasteiger partial charge in [0.2, 0.25) is 5.16 Å². The van der Waals surface area contributed by atoms with E-state index in [0.717, 1.165) is 11.3 Å². The Labute approximate surface area is 178 Å². The van der Waals surface area contributed by atoms with E-state index in [1.54, 1.807) is 27.4 Å². The maximum atomic E-state index is 6.13. The van der Waals surface area contributed by atoms with Crippen molar-refractivity contribution in [3.63, 3.8) is 0 Å². The van der Waals surface area contributed by atoms with Crippen LogP contribution in [0.4, 0.5) is 0 Å². The fraction of sp³-hybridized carbons (Fsp3) is 0. The summed E-state index contributed by atoms with van der Waals surface area (Å²) < 4.78 is 3.29. The summed E-state index contributed by atoms with van der Waals surface area (Å²) in [5, 5.41) is 27.3. The zero-order valence-corrected chi connectivity index (χ0v) is 16.8. The van der Waals surface area contributed by atoms with Crippen LogP contribution in [0.15, 0.2) is 70.8 Å². The van der Waals surface area contributed by atoms with E-state index < -0.39 is 0 Å². The Hall–Kier alpha value is -3.01. The summed E-state index contributed by atoms with van der Waals surface area (Å²) >= 11 is 13.6. The van der Waals surface area contributed by atoms with Gasteiger partial charge in [0.05, 0.1) is 5.69 Å². The van der Waals surface area contributed by atoms with Crippen molar-refractivity contribution >= 4 is 40.6 Å². The highest BCUT2D eigenvalue weighted by Crippen LogP contribution is 2.28. The minimum absolute atomic E-state index is 0.511. The summed E-state index contributed by atoms with van der Waals surface area (Å²) in [7, 11) is 0. The molecule has 0 spiro atoms. The molecule has 142 valence electrons. The minimum atomic E-state index is 0.511. The van der Waals surface area contributed by atoms with E-state index in [-0.39, 0.29) is 0 Å². The van der Waals surface area contributed by atoms with Crippen molar-refractivity contribution in [3.05, 3.63) is 70.7 Å². The zero-order valence-electron chi connectivity index (χ0n) is 14.5. The molecule has 0 saturated carbocycles. The number of para-hydroxylation sites is 1. The fourth-order valence-electron chi connectivity index (χ4n) is 2.76. The fourth-order valence-corrected chi connectivity index (χ4v) is 4.03. The van der Waals surface area contributed by atoms with Crippen LogP contribution in [0.2, 0.25) is 10.0 Å². The van der Waals surface area contributed by atoms with Crippen LogP contribution in [-0.4, -0.2) is 40.0 Å². The number of rotatable bonds is 4. The summed E-state index contributed by atoms with van der Waals surface area (Å²) in [5.74, 6) is 0.537. The van der Waals surface area contributed by atoms with Crippen molar-refractivity contribution in [2.45, 2.75) is 10.2 Å². The number of benzene rings is 2. The molecule has 0 N–H and O–H groups in total. The number of fused-ring (bicyclic) bond motifs is 1. The standard InChI is InChI=1S/C18H10Cl2N8S/c19-12-8-11(9-13(20)10-12)17-22-21-15-6-7-16(24-28(15)17)29-18-23-25-26-27(18)14-4-2-1-3-5-14/h1-10H. The van der Waals surface area contributed by atoms with Gasteiger partial charge in [0, 0.05) is 15.6 Å². The van der Waals surface area contributed by atoms with Crippen molar-refractivity contribution < 1.29 is 0 Å². The molecule has 0 fully saturated rings. The quantitative estimate of drug-likeness (QED) is 0.413. The lowest BCUT2D eigenvalue weighted by Crippen LogP contribution is -2.00. The van der Waals surface area contributed by atoms with E-state index in [1.807, 2.05) is 42.5 Å². The Morgan fingerprint density at radius 2 is 1.62 bits per heavy atom. The maximum Gasteiger partial charge on any atom is 0.220 e. The molecule has 0 aliphatic carbocycles. The van der Waals surface area contributed by atoms with Crippen LogP contribution < -0.4 is 0 Å². The molecule has 0 unspecified atom stereocenters. The molecule has 0 aliphatic heterocycles. The highest BCUT2D eigenvalue weighted by molar-refractivity contribution is 7.99. The number of tetrazole rings is 1. The molecule has 11 heteroatoms. The Kier molecular flexibility index (Phi) is 4.62. The molecule has 2 aromatic carbocycles. The Bertz CT molecular complexity index is 1300. The summed E-state index contributed by atoms with van der Waals surface area (Å²) in [6.45, 7) is 0. The van der Waals surface area contributed by atoms with E-state index in [4.69, 9.17) is 23.2 Å². The normalized spacial score (nSPS) is 11.2. The Balaban J connectivity index is 1.54. The summed E-state index contributed by atoms with van der Waals surface area (Å²) in [6.07, 6.45) is 0. The second-order valence-electron chi connectivity index (χ2n) is 5.93. The third kappa shape index (κ3) is 3.55. The average Bonchev–Trinajstić information content (AvgIpc) is 3.34. The zero-order chi connectivity index (χ0) is 19.8. The van der Waals surface area contributed by atoms with Crippen LogP contribution in [0.1, 0.15) is 0 Å². The van der Waals surface area contributed by atoms with Gasteiger partial charge in [-0.2, -0.15) is 14.3 Å². The predicted molar refractivity (Wildman–Crippen MR) is 110 cm³/mol. The first kappa shape index (κ1) is 18.0. The smallest absolute Gasteiger partial charge is 0.192 e. The van der Waals surface area contributed by atoms with Gasteiger partial charge in [-0.05, 0) is 64.7 Å². The first-order chi connectivity index (χ1) is 14.2. The first-order valence-electron chi connectivity index (χ1n) is 8.38. The van der Waals surface area contributed by atoms with Gasteiger partial charge in [-0.1, -0.05) is 41.4 Å². The Morgan fingerprint density at radius 1 is 0.828 bits per heavy atom. The van der Waals surface area contributed by atoms with Gasteiger partial charge >= 0.3 is 0 Å². The van der Waals surface area contributed by atoms with Crippen LogP contribution in [0.5, 0.6) is 0 Å². The highest BCUT2D eigenvalue weighted by atomic mass is 35.5. The van der Waals surface area contributed by atoms with Crippen molar-refractivity contribution in [1.29, 1.82) is 0 Å². The van der Waals surface area contributed by atoms with Gasteiger partial charge in [0.15, 0.2) is 11.5 Å². The molecule has 0 aliphatic rings. The topological polar surface area (TPSA) is 86.7 Å². The molecule has 0 saturated heterocycles. The third-order valence-corrected chi connectivity index (χ3v) is 5.30. The average molecular weight is 441 g/mol. The number of aromatic nitrogens is 8. The van der Waals surface area contributed by atoms with E-state index in [1.165, 1.54) is 11.8 Å². The number of nitrogens with zero attached hydrogens (tertiary/aromatic N) is 8. The van der Waals surface area contributed by atoms with Gasteiger partial charge in [-0.3, -0.25) is 0 Å². The highest BCUT2D eigenvalue weighted by Gasteiger charge is 2.15. The first-order valence-corrected chi connectivity index (χ1v) is 9.95. The molecular formula is C18H10Cl2N8S. The van der Waals surface area contributed by atoms with Crippen molar-refractivity contribution in [3.8, 4) is 17.1 Å². The van der Waals surface area contributed by atoms with Gasteiger partial charge in [-0.25, -0.2) is 0 Å². The number of hydrogen-bond donors (Lipinski definition) is 0. The molecule has 3 aromatic heterocycles. The van der Waals surface area contributed by atoms with E-state index in [0.29, 0.717) is 31.7 Å². The Morgan fingerprint density at radius 3 is 2.41 bits per heavy atom. The van der Waals surface area contributed by atoms with E-state index >= 15 is 0 Å². The molecule has 29 heavy (non-hydrogen) atoms. The van der Waals surface area contributed by atoms with E-state index in [9.17, 15) is 0 Å². The van der Waals surface area contributed by atoms with Gasteiger partial charge in [0.1, 0.15) is 5.03 Å². The van der Waals surface area contributed by atoms with Crippen LogP contribution in [-0.2, 0) is 0 Å².